The van der Waals surface area contributed by atoms with Crippen molar-refractivity contribution in [1.82, 2.24) is 5.32 Å². The summed E-state index contributed by atoms with van der Waals surface area (Å²) < 4.78 is 5.27. The highest BCUT2D eigenvalue weighted by Gasteiger charge is 2.23. The number of alkyl carbamates (subject to hydrolysis) is 1. The number of halogens is 1. The minimum atomic E-state index is -0.475. The number of carbonyl (C=O) groups excluding carboxylic acids is 1. The number of hydrogen-bond acceptors (Lipinski definition) is 3. The van der Waals surface area contributed by atoms with E-state index in [-0.39, 0.29) is 12.1 Å². The smallest absolute Gasteiger partial charge is 0.407 e. The van der Waals surface area contributed by atoms with Crippen LogP contribution in [0.4, 0.5) is 10.5 Å². The fourth-order valence-electron chi connectivity index (χ4n) is 2.49. The Hall–Kier alpha value is -1.42. The Labute approximate surface area is 131 Å². The molecule has 116 valence electrons. The van der Waals surface area contributed by atoms with Gasteiger partial charge in [0.05, 0.1) is 0 Å². The van der Waals surface area contributed by atoms with Gasteiger partial charge in [0, 0.05) is 29.8 Å². The van der Waals surface area contributed by atoms with E-state index < -0.39 is 5.60 Å². The van der Waals surface area contributed by atoms with Crippen LogP contribution in [-0.2, 0) is 11.2 Å². The Kier molecular flexibility index (Phi) is 4.67. The van der Waals surface area contributed by atoms with E-state index in [1.54, 1.807) is 0 Å². The standard InChI is InChI=1S/C16H23ClN2O2/c1-11(18-15(20)21-16(2,3)4)10-19-8-7-12-5-6-13(17)9-14(12)19/h5-6,9,11H,7-8,10H2,1-4H3,(H,18,20). The van der Waals surface area contributed by atoms with Crippen LogP contribution in [0.5, 0.6) is 0 Å². The summed E-state index contributed by atoms with van der Waals surface area (Å²) in [4.78, 5) is 14.0. The average Bonchev–Trinajstić information content (AvgIpc) is 2.69. The summed E-state index contributed by atoms with van der Waals surface area (Å²) in [6, 6.07) is 5.99. The number of hydrogen-bond donors (Lipinski definition) is 1. The third-order valence-electron chi connectivity index (χ3n) is 3.30. The molecule has 5 heteroatoms. The van der Waals surface area contributed by atoms with Crippen molar-refractivity contribution < 1.29 is 9.53 Å². The number of carbonyl (C=O) groups is 1. The second-order valence-electron chi connectivity index (χ2n) is 6.52. The van der Waals surface area contributed by atoms with Crippen molar-refractivity contribution in [1.29, 1.82) is 0 Å². The van der Waals surface area contributed by atoms with Gasteiger partial charge < -0.3 is 15.0 Å². The highest BCUT2D eigenvalue weighted by Crippen LogP contribution is 2.30. The molecule has 1 N–H and O–H groups in total. The van der Waals surface area contributed by atoms with Gasteiger partial charge >= 0.3 is 6.09 Å². The third kappa shape index (κ3) is 4.53. The molecule has 1 aliphatic rings. The number of nitrogens with zero attached hydrogens (tertiary/aromatic N) is 1. The maximum Gasteiger partial charge on any atom is 0.407 e. The Bertz CT molecular complexity index is 525. The zero-order valence-electron chi connectivity index (χ0n) is 13.1. The number of benzene rings is 1. The van der Waals surface area contributed by atoms with Gasteiger partial charge in [-0.1, -0.05) is 17.7 Å². The van der Waals surface area contributed by atoms with Crippen molar-refractivity contribution in [3.63, 3.8) is 0 Å². The quantitative estimate of drug-likeness (QED) is 0.927. The molecule has 0 bridgehead atoms. The zero-order valence-corrected chi connectivity index (χ0v) is 13.8. The van der Waals surface area contributed by atoms with Crippen LogP contribution in [-0.4, -0.2) is 30.8 Å². The maximum absolute atomic E-state index is 11.8. The van der Waals surface area contributed by atoms with Crippen LogP contribution < -0.4 is 10.2 Å². The van der Waals surface area contributed by atoms with Crippen LogP contribution in [0.25, 0.3) is 0 Å². The van der Waals surface area contributed by atoms with Crippen LogP contribution in [0, 0.1) is 0 Å². The van der Waals surface area contributed by atoms with E-state index in [1.165, 1.54) is 11.3 Å². The van der Waals surface area contributed by atoms with Crippen LogP contribution in [0.2, 0.25) is 5.02 Å². The molecule has 21 heavy (non-hydrogen) atoms. The zero-order chi connectivity index (χ0) is 15.6. The van der Waals surface area contributed by atoms with E-state index in [0.29, 0.717) is 0 Å². The Balaban J connectivity index is 1.92. The van der Waals surface area contributed by atoms with Crippen LogP contribution >= 0.6 is 11.6 Å². The molecule has 0 aromatic heterocycles. The highest BCUT2D eigenvalue weighted by atomic mass is 35.5. The van der Waals surface area contributed by atoms with Gasteiger partial charge in [-0.25, -0.2) is 4.79 Å². The van der Waals surface area contributed by atoms with E-state index in [0.717, 1.165) is 24.5 Å². The first kappa shape index (κ1) is 16.0. The monoisotopic (exact) mass is 310 g/mol. The molecule has 1 unspecified atom stereocenters. The predicted molar refractivity (Wildman–Crippen MR) is 86.2 cm³/mol. The summed E-state index contributed by atoms with van der Waals surface area (Å²) in [5.74, 6) is 0. The second kappa shape index (κ2) is 6.14. The molecular formula is C16H23ClN2O2. The largest absolute Gasteiger partial charge is 0.444 e. The number of anilines is 1. The van der Waals surface area contributed by atoms with Crippen LogP contribution in [0.1, 0.15) is 33.3 Å². The minimum Gasteiger partial charge on any atom is -0.444 e. The van der Waals surface area contributed by atoms with E-state index in [2.05, 4.69) is 16.3 Å². The molecule has 1 heterocycles. The molecule has 0 radical (unpaired) electrons. The molecular weight excluding hydrogens is 288 g/mol. The molecule has 1 atom stereocenters. The van der Waals surface area contributed by atoms with E-state index in [1.807, 2.05) is 39.8 Å². The van der Waals surface area contributed by atoms with Gasteiger partial charge in [-0.3, -0.25) is 0 Å². The molecule has 0 saturated heterocycles. The molecule has 0 saturated carbocycles. The number of fused-ring (bicyclic) bond motifs is 1. The van der Waals surface area contributed by atoms with Crippen molar-refractivity contribution in [3.8, 4) is 0 Å². The highest BCUT2D eigenvalue weighted by molar-refractivity contribution is 6.30. The van der Waals surface area contributed by atoms with Gasteiger partial charge in [-0.2, -0.15) is 0 Å². The summed E-state index contributed by atoms with van der Waals surface area (Å²) >= 11 is 6.07. The lowest BCUT2D eigenvalue weighted by Gasteiger charge is -2.26. The van der Waals surface area contributed by atoms with E-state index in [9.17, 15) is 4.79 Å². The molecule has 4 nitrogen and oxygen atoms in total. The lowest BCUT2D eigenvalue weighted by Crippen LogP contribution is -2.43. The second-order valence-corrected chi connectivity index (χ2v) is 6.95. The van der Waals surface area contributed by atoms with Crippen molar-refractivity contribution >= 4 is 23.4 Å². The van der Waals surface area contributed by atoms with Crippen LogP contribution in [0.15, 0.2) is 18.2 Å². The van der Waals surface area contributed by atoms with Gasteiger partial charge in [-0.05, 0) is 51.8 Å². The summed E-state index contributed by atoms with van der Waals surface area (Å²) in [7, 11) is 0. The fraction of sp³-hybridized carbons (Fsp3) is 0.562. The Morgan fingerprint density at radius 3 is 2.86 bits per heavy atom. The third-order valence-corrected chi connectivity index (χ3v) is 3.53. The molecule has 0 aliphatic carbocycles. The molecule has 1 aliphatic heterocycles. The summed E-state index contributed by atoms with van der Waals surface area (Å²) in [6.45, 7) is 9.25. The van der Waals surface area contributed by atoms with Gasteiger partial charge in [-0.15, -0.1) is 0 Å². The first-order valence-electron chi connectivity index (χ1n) is 7.27. The summed E-state index contributed by atoms with van der Waals surface area (Å²) in [6.07, 6.45) is 0.645. The SMILES string of the molecule is CC(CN1CCc2ccc(Cl)cc21)NC(=O)OC(C)(C)C. The van der Waals surface area contributed by atoms with Gasteiger partial charge in [0.25, 0.3) is 0 Å². The lowest BCUT2D eigenvalue weighted by atomic mass is 10.2. The van der Waals surface area contributed by atoms with Crippen molar-refractivity contribution in [2.24, 2.45) is 0 Å². The minimum absolute atomic E-state index is 0.00443. The first-order chi connectivity index (χ1) is 9.74. The van der Waals surface area contributed by atoms with Gasteiger partial charge in [0.15, 0.2) is 0 Å². The van der Waals surface area contributed by atoms with E-state index >= 15 is 0 Å². The Morgan fingerprint density at radius 2 is 2.19 bits per heavy atom. The van der Waals surface area contributed by atoms with Gasteiger partial charge in [0.1, 0.15) is 5.60 Å². The normalized spacial score (nSPS) is 15.6. The maximum atomic E-state index is 11.8. The lowest BCUT2D eigenvalue weighted by molar-refractivity contribution is 0.0510. The predicted octanol–water partition coefficient (Wildman–Crippen LogP) is 3.62. The molecule has 2 rings (SSSR count). The number of ether oxygens (including phenoxy) is 1. The van der Waals surface area contributed by atoms with E-state index in [4.69, 9.17) is 16.3 Å². The first-order valence-corrected chi connectivity index (χ1v) is 7.65. The molecule has 0 spiro atoms. The topological polar surface area (TPSA) is 41.6 Å². The van der Waals surface area contributed by atoms with Crippen molar-refractivity contribution in [3.05, 3.63) is 28.8 Å². The summed E-state index contributed by atoms with van der Waals surface area (Å²) in [5.41, 5.74) is 2.00. The molecule has 1 amide bonds. The number of rotatable bonds is 3. The molecule has 0 fully saturated rings. The van der Waals surface area contributed by atoms with Gasteiger partial charge in [0.2, 0.25) is 0 Å². The number of amides is 1. The Morgan fingerprint density at radius 1 is 1.48 bits per heavy atom. The number of nitrogens with one attached hydrogen (secondary N) is 1. The molecule has 1 aromatic rings. The summed E-state index contributed by atoms with van der Waals surface area (Å²) in [5, 5.41) is 3.62. The van der Waals surface area contributed by atoms with Crippen molar-refractivity contribution in [2.75, 3.05) is 18.0 Å². The fourth-order valence-corrected chi connectivity index (χ4v) is 2.66. The molecule has 1 aromatic carbocycles. The van der Waals surface area contributed by atoms with Crippen molar-refractivity contribution in [2.45, 2.75) is 45.8 Å². The van der Waals surface area contributed by atoms with Crippen LogP contribution in [0.3, 0.4) is 0 Å². The average molecular weight is 311 g/mol.